The number of halogens is 3. The number of benzene rings is 2. The Morgan fingerprint density at radius 2 is 1.74 bits per heavy atom. The molecule has 0 fully saturated rings. The number of nitrogens with zero attached hydrogens (tertiary/aromatic N) is 1. The normalized spacial score (nSPS) is 10.8. The summed E-state index contributed by atoms with van der Waals surface area (Å²) in [5.74, 6) is -0.0964. The van der Waals surface area contributed by atoms with Crippen LogP contribution in [0.4, 0.5) is 13.2 Å². The number of nitriles is 1. The first-order valence-corrected chi connectivity index (χ1v) is 5.35. The van der Waals surface area contributed by atoms with E-state index in [0.29, 0.717) is 5.56 Å². The second kappa shape index (κ2) is 5.02. The molecule has 0 saturated heterocycles. The fourth-order valence-corrected chi connectivity index (χ4v) is 1.55. The maximum Gasteiger partial charge on any atom is 0.419 e. The zero-order valence-electron chi connectivity index (χ0n) is 9.61. The van der Waals surface area contributed by atoms with E-state index in [1.807, 2.05) is 6.07 Å². The Labute approximate surface area is 107 Å². The highest BCUT2D eigenvalue weighted by molar-refractivity contribution is 5.42. The summed E-state index contributed by atoms with van der Waals surface area (Å²) in [5.41, 5.74) is -0.528. The highest BCUT2D eigenvalue weighted by atomic mass is 19.4. The summed E-state index contributed by atoms with van der Waals surface area (Å²) >= 11 is 0. The van der Waals surface area contributed by atoms with Gasteiger partial charge >= 0.3 is 6.18 Å². The molecule has 2 aromatic carbocycles. The highest BCUT2D eigenvalue weighted by Gasteiger charge is 2.34. The van der Waals surface area contributed by atoms with E-state index in [1.54, 1.807) is 12.1 Å². The predicted octanol–water partition coefficient (Wildman–Crippen LogP) is 4.37. The van der Waals surface area contributed by atoms with Crippen molar-refractivity contribution in [1.82, 2.24) is 0 Å². The molecule has 0 atom stereocenters. The minimum atomic E-state index is -4.48. The number of alkyl halides is 3. The van der Waals surface area contributed by atoms with E-state index < -0.39 is 11.7 Å². The third-order valence-electron chi connectivity index (χ3n) is 2.38. The lowest BCUT2D eigenvalue weighted by Gasteiger charge is -2.13. The van der Waals surface area contributed by atoms with Crippen LogP contribution in [0.15, 0.2) is 48.5 Å². The molecular formula is C14H8F3NO. The first-order chi connectivity index (χ1) is 9.00. The van der Waals surface area contributed by atoms with Crippen LogP contribution in [0.25, 0.3) is 0 Å². The summed E-state index contributed by atoms with van der Waals surface area (Å²) in [5, 5.41) is 8.73. The summed E-state index contributed by atoms with van der Waals surface area (Å²) in [4.78, 5) is 0. The molecule has 0 saturated carbocycles. The Kier molecular flexibility index (Phi) is 3.43. The third kappa shape index (κ3) is 3.05. The summed E-state index contributed by atoms with van der Waals surface area (Å²) in [6, 6.07) is 12.8. The van der Waals surface area contributed by atoms with Crippen LogP contribution >= 0.6 is 0 Å². The van der Waals surface area contributed by atoms with Gasteiger partial charge in [-0.25, -0.2) is 0 Å². The fraction of sp³-hybridized carbons (Fsp3) is 0.0714. The molecular weight excluding hydrogens is 255 g/mol. The fourth-order valence-electron chi connectivity index (χ4n) is 1.55. The van der Waals surface area contributed by atoms with Gasteiger partial charge in [-0.1, -0.05) is 18.2 Å². The number of para-hydroxylation sites is 1. The number of ether oxygens (including phenoxy) is 1. The molecule has 2 aromatic rings. The van der Waals surface area contributed by atoms with Crippen LogP contribution in [-0.2, 0) is 6.18 Å². The Morgan fingerprint density at radius 3 is 2.42 bits per heavy atom. The molecule has 0 aliphatic heterocycles. The van der Waals surface area contributed by atoms with Crippen LogP contribution in [-0.4, -0.2) is 0 Å². The zero-order valence-corrected chi connectivity index (χ0v) is 9.61. The molecule has 2 nitrogen and oxygen atoms in total. The van der Waals surface area contributed by atoms with E-state index >= 15 is 0 Å². The average molecular weight is 263 g/mol. The molecule has 2 rings (SSSR count). The van der Waals surface area contributed by atoms with Crippen molar-refractivity contribution in [3.63, 3.8) is 0 Å². The minimum absolute atomic E-state index is 0.191. The van der Waals surface area contributed by atoms with Crippen LogP contribution in [0.5, 0.6) is 11.5 Å². The predicted molar refractivity (Wildman–Crippen MR) is 62.7 cm³/mol. The summed E-state index contributed by atoms with van der Waals surface area (Å²) < 4.78 is 43.5. The van der Waals surface area contributed by atoms with Crippen molar-refractivity contribution in [1.29, 1.82) is 5.26 Å². The van der Waals surface area contributed by atoms with Gasteiger partial charge < -0.3 is 4.74 Å². The van der Waals surface area contributed by atoms with Crippen molar-refractivity contribution in [2.24, 2.45) is 0 Å². The number of hydrogen-bond acceptors (Lipinski definition) is 2. The molecule has 0 aliphatic carbocycles. The summed E-state index contributed by atoms with van der Waals surface area (Å²) in [6.45, 7) is 0. The number of rotatable bonds is 2. The molecule has 0 N–H and O–H groups in total. The van der Waals surface area contributed by atoms with Crippen molar-refractivity contribution in [2.45, 2.75) is 6.18 Å². The first kappa shape index (κ1) is 13.0. The molecule has 0 aromatic heterocycles. The van der Waals surface area contributed by atoms with Crippen LogP contribution in [0, 0.1) is 11.3 Å². The monoisotopic (exact) mass is 263 g/mol. The second-order valence-electron chi connectivity index (χ2n) is 3.74. The Hall–Kier alpha value is -2.48. The molecule has 0 amide bonds. The van der Waals surface area contributed by atoms with Gasteiger partial charge in [0.25, 0.3) is 0 Å². The quantitative estimate of drug-likeness (QED) is 0.806. The molecule has 0 heterocycles. The standard InChI is InChI=1S/C14H8F3NO/c15-14(16,17)12-6-1-2-7-13(12)19-11-5-3-4-10(8-11)9-18/h1-8H. The summed E-state index contributed by atoms with van der Waals surface area (Å²) in [6.07, 6.45) is -4.48. The maximum absolute atomic E-state index is 12.8. The van der Waals surface area contributed by atoms with Gasteiger partial charge in [0, 0.05) is 0 Å². The molecule has 0 spiro atoms. The van der Waals surface area contributed by atoms with Crippen LogP contribution < -0.4 is 4.74 Å². The molecule has 0 unspecified atom stereocenters. The van der Waals surface area contributed by atoms with Gasteiger partial charge in [0.2, 0.25) is 0 Å². The van der Waals surface area contributed by atoms with Crippen LogP contribution in [0.2, 0.25) is 0 Å². The van der Waals surface area contributed by atoms with E-state index in [9.17, 15) is 13.2 Å². The Balaban J connectivity index is 2.36. The highest BCUT2D eigenvalue weighted by Crippen LogP contribution is 2.37. The zero-order chi connectivity index (χ0) is 13.9. The Bertz CT molecular complexity index is 629. The van der Waals surface area contributed by atoms with Crippen molar-refractivity contribution in [3.05, 3.63) is 59.7 Å². The van der Waals surface area contributed by atoms with Crippen molar-refractivity contribution in [2.75, 3.05) is 0 Å². The Morgan fingerprint density at radius 1 is 1.00 bits per heavy atom. The largest absolute Gasteiger partial charge is 0.457 e. The topological polar surface area (TPSA) is 33.0 Å². The van der Waals surface area contributed by atoms with E-state index in [0.717, 1.165) is 6.07 Å². The molecule has 5 heteroatoms. The lowest BCUT2D eigenvalue weighted by molar-refractivity contribution is -0.138. The summed E-state index contributed by atoms with van der Waals surface area (Å²) in [7, 11) is 0. The van der Waals surface area contributed by atoms with E-state index in [4.69, 9.17) is 10.00 Å². The van der Waals surface area contributed by atoms with Gasteiger partial charge in [-0.05, 0) is 30.3 Å². The second-order valence-corrected chi connectivity index (χ2v) is 3.74. The maximum atomic E-state index is 12.8. The van der Waals surface area contributed by atoms with Gasteiger partial charge in [-0.2, -0.15) is 18.4 Å². The minimum Gasteiger partial charge on any atom is -0.457 e. The van der Waals surface area contributed by atoms with Crippen molar-refractivity contribution < 1.29 is 17.9 Å². The lowest BCUT2D eigenvalue weighted by atomic mass is 10.2. The van der Waals surface area contributed by atoms with Crippen LogP contribution in [0.3, 0.4) is 0 Å². The number of hydrogen-bond donors (Lipinski definition) is 0. The van der Waals surface area contributed by atoms with Gasteiger partial charge in [-0.15, -0.1) is 0 Å². The first-order valence-electron chi connectivity index (χ1n) is 5.35. The smallest absolute Gasteiger partial charge is 0.419 e. The van der Waals surface area contributed by atoms with Gasteiger partial charge in [0.05, 0.1) is 17.2 Å². The van der Waals surface area contributed by atoms with Gasteiger partial charge in [0.15, 0.2) is 0 Å². The van der Waals surface area contributed by atoms with E-state index in [-0.39, 0.29) is 11.5 Å². The van der Waals surface area contributed by atoms with E-state index in [1.165, 1.54) is 30.3 Å². The van der Waals surface area contributed by atoms with E-state index in [2.05, 4.69) is 0 Å². The molecule has 0 aliphatic rings. The third-order valence-corrected chi connectivity index (χ3v) is 2.38. The van der Waals surface area contributed by atoms with Crippen molar-refractivity contribution in [3.8, 4) is 17.6 Å². The lowest BCUT2D eigenvalue weighted by Crippen LogP contribution is -2.06. The average Bonchev–Trinajstić information content (AvgIpc) is 2.38. The van der Waals surface area contributed by atoms with Gasteiger partial charge in [-0.3, -0.25) is 0 Å². The SMILES string of the molecule is N#Cc1cccc(Oc2ccccc2C(F)(F)F)c1. The molecule has 0 bridgehead atoms. The van der Waals surface area contributed by atoms with Gasteiger partial charge in [0.1, 0.15) is 11.5 Å². The molecule has 96 valence electrons. The molecule has 19 heavy (non-hydrogen) atoms. The van der Waals surface area contributed by atoms with Crippen molar-refractivity contribution >= 4 is 0 Å². The van der Waals surface area contributed by atoms with Crippen LogP contribution in [0.1, 0.15) is 11.1 Å². The molecule has 0 radical (unpaired) electrons.